The molecule has 1 atom stereocenters. The fraction of sp³-hybridized carbons (Fsp3) is 0.176. The second-order valence-electron chi connectivity index (χ2n) is 10.3. The van der Waals surface area contributed by atoms with E-state index in [2.05, 4.69) is 10.3 Å². The van der Waals surface area contributed by atoms with E-state index in [0.717, 1.165) is 11.1 Å². The summed E-state index contributed by atoms with van der Waals surface area (Å²) in [5.41, 5.74) is 3.42. The second kappa shape index (κ2) is 13.0. The summed E-state index contributed by atoms with van der Waals surface area (Å²) >= 11 is 0. The van der Waals surface area contributed by atoms with Crippen LogP contribution in [-0.4, -0.2) is 40.1 Å². The number of amides is 2. The number of para-hydroxylation sites is 1. The lowest BCUT2D eigenvalue weighted by Gasteiger charge is -2.25. The monoisotopic (exact) mass is 576 g/mol. The number of aryl methyl sites for hydroxylation is 1. The molecule has 0 saturated heterocycles. The van der Waals surface area contributed by atoms with Gasteiger partial charge in [0.2, 0.25) is 5.91 Å². The standard InChI is InChI=1S/C34H32N4O5/c1-23-26(22-38(34(41)42)27-16-10-5-11-17-27)18-19-28-30(23)32(40)43-33(35-28)36-29(20-24-12-6-3-7-13-24)31(39)37(2)21-25-14-8-4-9-15-25/h3-19,29H,20-22H2,1-2H3,(H,35,36)(H,41,42). The lowest BCUT2D eigenvalue weighted by atomic mass is 10.0. The van der Waals surface area contributed by atoms with Crippen molar-refractivity contribution in [2.24, 2.45) is 0 Å². The van der Waals surface area contributed by atoms with Gasteiger partial charge in [-0.15, -0.1) is 0 Å². The first-order valence-electron chi connectivity index (χ1n) is 13.9. The number of benzene rings is 4. The predicted octanol–water partition coefficient (Wildman–Crippen LogP) is 5.86. The molecule has 218 valence electrons. The molecule has 0 aliphatic heterocycles. The molecule has 0 bridgehead atoms. The summed E-state index contributed by atoms with van der Waals surface area (Å²) in [7, 11) is 1.74. The molecule has 43 heavy (non-hydrogen) atoms. The van der Waals surface area contributed by atoms with E-state index in [1.54, 1.807) is 55.3 Å². The molecule has 0 aliphatic rings. The van der Waals surface area contributed by atoms with Gasteiger partial charge in [-0.1, -0.05) is 84.9 Å². The summed E-state index contributed by atoms with van der Waals surface area (Å²) in [4.78, 5) is 46.3. The Morgan fingerprint density at radius 3 is 2.09 bits per heavy atom. The lowest BCUT2D eigenvalue weighted by Crippen LogP contribution is -2.42. The number of anilines is 2. The lowest BCUT2D eigenvalue weighted by molar-refractivity contribution is -0.131. The van der Waals surface area contributed by atoms with E-state index in [1.807, 2.05) is 66.7 Å². The zero-order valence-electron chi connectivity index (χ0n) is 23.9. The smallest absolute Gasteiger partial charge is 0.412 e. The third-order valence-corrected chi connectivity index (χ3v) is 7.32. The molecule has 9 heteroatoms. The van der Waals surface area contributed by atoms with E-state index in [9.17, 15) is 19.5 Å². The van der Waals surface area contributed by atoms with Gasteiger partial charge in [-0.25, -0.2) is 9.59 Å². The molecule has 0 radical (unpaired) electrons. The Kier molecular flexibility index (Phi) is 8.81. The Bertz CT molecular complexity index is 1780. The van der Waals surface area contributed by atoms with Crippen molar-refractivity contribution in [1.82, 2.24) is 9.88 Å². The highest BCUT2D eigenvalue weighted by Crippen LogP contribution is 2.24. The quantitative estimate of drug-likeness (QED) is 0.214. The topological polar surface area (TPSA) is 116 Å². The summed E-state index contributed by atoms with van der Waals surface area (Å²) < 4.78 is 5.60. The van der Waals surface area contributed by atoms with Crippen molar-refractivity contribution >= 4 is 34.6 Å². The molecule has 1 heterocycles. The molecule has 2 N–H and O–H groups in total. The molecule has 5 aromatic rings. The van der Waals surface area contributed by atoms with Gasteiger partial charge in [-0.3, -0.25) is 9.69 Å². The number of likely N-dealkylation sites (N-methyl/N-ethyl adjacent to an activating group) is 1. The van der Waals surface area contributed by atoms with Crippen molar-refractivity contribution < 1.29 is 19.1 Å². The molecule has 0 spiro atoms. The van der Waals surface area contributed by atoms with Crippen molar-refractivity contribution in [3.8, 4) is 0 Å². The van der Waals surface area contributed by atoms with Crippen LogP contribution in [0, 0.1) is 6.92 Å². The molecule has 2 amide bonds. The van der Waals surface area contributed by atoms with Crippen LogP contribution < -0.4 is 15.8 Å². The van der Waals surface area contributed by atoms with E-state index in [0.29, 0.717) is 35.3 Å². The molecule has 1 unspecified atom stereocenters. The second-order valence-corrected chi connectivity index (χ2v) is 10.3. The van der Waals surface area contributed by atoms with Crippen molar-refractivity contribution in [3.63, 3.8) is 0 Å². The number of nitrogens with zero attached hydrogens (tertiary/aromatic N) is 3. The van der Waals surface area contributed by atoms with Crippen molar-refractivity contribution in [3.05, 3.63) is 136 Å². The minimum absolute atomic E-state index is 0.0436. The van der Waals surface area contributed by atoms with E-state index >= 15 is 0 Å². The van der Waals surface area contributed by atoms with Crippen LogP contribution in [0.25, 0.3) is 10.9 Å². The fourth-order valence-electron chi connectivity index (χ4n) is 5.04. The first-order chi connectivity index (χ1) is 20.8. The van der Waals surface area contributed by atoms with Crippen LogP contribution in [0.1, 0.15) is 22.3 Å². The minimum Gasteiger partial charge on any atom is -0.465 e. The van der Waals surface area contributed by atoms with Gasteiger partial charge in [0.1, 0.15) is 6.04 Å². The maximum atomic E-state index is 13.6. The van der Waals surface area contributed by atoms with Gasteiger partial charge in [0, 0.05) is 25.7 Å². The third-order valence-electron chi connectivity index (χ3n) is 7.32. The molecule has 0 saturated carbocycles. The van der Waals surface area contributed by atoms with Gasteiger partial charge < -0.3 is 19.7 Å². The van der Waals surface area contributed by atoms with Crippen LogP contribution in [0.2, 0.25) is 0 Å². The normalized spacial score (nSPS) is 11.6. The molecule has 5 rings (SSSR count). The molecule has 0 aliphatic carbocycles. The van der Waals surface area contributed by atoms with Crippen molar-refractivity contribution in [1.29, 1.82) is 0 Å². The van der Waals surface area contributed by atoms with Gasteiger partial charge in [-0.2, -0.15) is 4.98 Å². The van der Waals surface area contributed by atoms with Gasteiger partial charge in [-0.05, 0) is 47.4 Å². The van der Waals surface area contributed by atoms with Crippen molar-refractivity contribution in [2.75, 3.05) is 17.3 Å². The average Bonchev–Trinajstić information content (AvgIpc) is 3.01. The Hall–Kier alpha value is -5.44. The third kappa shape index (κ3) is 6.90. The minimum atomic E-state index is -1.11. The molecule has 1 aromatic heterocycles. The van der Waals surface area contributed by atoms with Gasteiger partial charge >= 0.3 is 11.7 Å². The van der Waals surface area contributed by atoms with Crippen LogP contribution in [0.15, 0.2) is 112 Å². The number of fused-ring (bicyclic) bond motifs is 1. The highest BCUT2D eigenvalue weighted by Gasteiger charge is 2.25. The molecular weight excluding hydrogens is 544 g/mol. The van der Waals surface area contributed by atoms with Crippen LogP contribution in [0.5, 0.6) is 0 Å². The van der Waals surface area contributed by atoms with E-state index < -0.39 is 17.8 Å². The Balaban J connectivity index is 1.43. The summed E-state index contributed by atoms with van der Waals surface area (Å²) in [6, 6.07) is 30.7. The number of carboxylic acid groups (broad SMARTS) is 1. The first-order valence-corrected chi connectivity index (χ1v) is 13.9. The summed E-state index contributed by atoms with van der Waals surface area (Å²) in [5.74, 6) is -0.182. The number of hydrogen-bond donors (Lipinski definition) is 2. The molecular formula is C34H32N4O5. The number of aromatic nitrogens is 1. The van der Waals surface area contributed by atoms with Crippen LogP contribution in [0.3, 0.4) is 0 Å². The highest BCUT2D eigenvalue weighted by molar-refractivity contribution is 5.88. The van der Waals surface area contributed by atoms with Crippen molar-refractivity contribution in [2.45, 2.75) is 32.5 Å². The van der Waals surface area contributed by atoms with E-state index in [4.69, 9.17) is 4.42 Å². The number of rotatable bonds is 10. The molecule has 9 nitrogen and oxygen atoms in total. The zero-order chi connectivity index (χ0) is 30.3. The molecule has 4 aromatic carbocycles. The van der Waals surface area contributed by atoms with Gasteiger partial charge in [0.25, 0.3) is 6.01 Å². The fourth-order valence-corrected chi connectivity index (χ4v) is 5.04. The Labute approximate surface area is 249 Å². The Morgan fingerprint density at radius 2 is 1.47 bits per heavy atom. The SMILES string of the molecule is Cc1c(CN(C(=O)O)c2ccccc2)ccc2nc(NC(Cc3ccccc3)C(=O)N(C)Cc3ccccc3)oc(=O)c12. The summed E-state index contributed by atoms with van der Waals surface area (Å²) in [6.07, 6.45) is -0.758. The number of carbonyl (C=O) groups excluding carboxylic acids is 1. The largest absolute Gasteiger partial charge is 0.465 e. The Morgan fingerprint density at radius 1 is 0.860 bits per heavy atom. The van der Waals surface area contributed by atoms with Crippen LogP contribution in [0.4, 0.5) is 16.5 Å². The maximum absolute atomic E-state index is 13.6. The average molecular weight is 577 g/mol. The molecule has 0 fully saturated rings. The number of nitrogens with one attached hydrogen (secondary N) is 1. The number of carbonyl (C=O) groups is 2. The van der Waals surface area contributed by atoms with E-state index in [1.165, 1.54) is 4.90 Å². The summed E-state index contributed by atoms with van der Waals surface area (Å²) in [6.45, 7) is 2.21. The van der Waals surface area contributed by atoms with Gasteiger partial charge in [0.05, 0.1) is 17.4 Å². The van der Waals surface area contributed by atoms with Crippen LogP contribution in [-0.2, 0) is 24.3 Å². The first kappa shape index (κ1) is 29.1. The predicted molar refractivity (Wildman–Crippen MR) is 166 cm³/mol. The van der Waals surface area contributed by atoms with Crippen LogP contribution >= 0.6 is 0 Å². The van der Waals surface area contributed by atoms with Gasteiger partial charge in [0.15, 0.2) is 0 Å². The maximum Gasteiger partial charge on any atom is 0.412 e. The zero-order valence-corrected chi connectivity index (χ0v) is 23.9. The number of hydrogen-bond acceptors (Lipinski definition) is 6. The highest BCUT2D eigenvalue weighted by atomic mass is 16.4. The van der Waals surface area contributed by atoms with E-state index in [-0.39, 0.29) is 23.9 Å². The summed E-state index contributed by atoms with van der Waals surface area (Å²) in [5, 5.41) is 13.2.